The van der Waals surface area contributed by atoms with E-state index in [1.807, 2.05) is 0 Å². The van der Waals surface area contributed by atoms with Gasteiger partial charge in [-0.05, 0) is 0 Å². The van der Waals surface area contributed by atoms with Gasteiger partial charge in [0.25, 0.3) is 6.19 Å². The molecule has 0 aliphatic rings. The Morgan fingerprint density at radius 1 is 1.67 bits per heavy atom. The molecule has 12 heavy (non-hydrogen) atoms. The van der Waals surface area contributed by atoms with Gasteiger partial charge in [-0.2, -0.15) is 5.26 Å². The molecule has 0 aliphatic carbocycles. The predicted octanol–water partition coefficient (Wildman–Crippen LogP) is -1.50. The molecule has 0 bridgehead atoms. The van der Waals surface area contributed by atoms with Gasteiger partial charge in [-0.15, -0.1) is 0 Å². The highest BCUT2D eigenvalue weighted by atomic mass is 16.9. The average molecular weight is 175 g/mol. The number of hydrogen-bond acceptors (Lipinski definition) is 6. The highest BCUT2D eigenvalue weighted by molar-refractivity contribution is 6.28. The quantitative estimate of drug-likeness (QED) is 0.176. The lowest BCUT2D eigenvalue weighted by molar-refractivity contribution is -0.702. The molecule has 0 aliphatic heterocycles. The predicted molar refractivity (Wildman–Crippen MR) is 28.2 cm³/mol. The van der Waals surface area contributed by atoms with Crippen LogP contribution in [0.2, 0.25) is 0 Å². The number of hydroxylamine groups is 1. The number of carbonyl (C=O) groups excluding carboxylic acids is 1. The van der Waals surface area contributed by atoms with Gasteiger partial charge in [0.15, 0.2) is 5.17 Å². The molecule has 0 unspecified atom stereocenters. The minimum absolute atomic E-state index is 0.670. The molecule has 0 amide bonds. The van der Waals surface area contributed by atoms with Gasteiger partial charge in [0.1, 0.15) is 0 Å². The number of nitrogens with zero attached hydrogens (tertiary/aromatic N) is 3. The molecule has 0 spiro atoms. The number of nitriles is 1. The molecule has 9 heteroatoms. The number of nitro groups is 1. The van der Waals surface area contributed by atoms with Crippen LogP contribution in [0.3, 0.4) is 0 Å². The largest absolute Gasteiger partial charge is 0.473 e. The molecule has 0 aromatic rings. The van der Waals surface area contributed by atoms with Gasteiger partial charge in [0, 0.05) is 0 Å². The lowest BCUT2D eigenvalue weighted by Crippen LogP contribution is -2.31. The van der Waals surface area contributed by atoms with E-state index < -0.39 is 22.1 Å². The first kappa shape index (κ1) is 9.63. The number of carbonyl (C=O) groups is 2. The summed E-state index contributed by atoms with van der Waals surface area (Å²) in [6.07, 6.45) is 0.815. The molecular formula is C3HN3O6. The van der Waals surface area contributed by atoms with Gasteiger partial charge < -0.3 is 5.11 Å². The van der Waals surface area contributed by atoms with E-state index in [0.29, 0.717) is 0 Å². The molecular weight excluding hydrogens is 174 g/mol. The fraction of sp³-hybridized carbons (Fsp3) is 0. The molecule has 0 atom stereocenters. The van der Waals surface area contributed by atoms with Crippen LogP contribution in [0.1, 0.15) is 0 Å². The molecule has 64 valence electrons. The fourth-order valence-electron chi connectivity index (χ4n) is 0.208. The van der Waals surface area contributed by atoms with E-state index in [1.165, 1.54) is 0 Å². The summed E-state index contributed by atoms with van der Waals surface area (Å²) in [5, 5.41) is 23.4. The van der Waals surface area contributed by atoms with Crippen molar-refractivity contribution in [3.8, 4) is 6.19 Å². The zero-order chi connectivity index (χ0) is 9.72. The molecule has 0 radical (unpaired) electrons. The lowest BCUT2D eigenvalue weighted by atomic mass is 10.7. The standard InChI is InChI=1S/C3HN3O6/c4-1-5(6(10)11)12-3(9)2(7)8/h(H,7,8). The zero-order valence-electron chi connectivity index (χ0n) is 5.33. The Bertz CT molecular complexity index is 266. The van der Waals surface area contributed by atoms with E-state index in [4.69, 9.17) is 10.4 Å². The van der Waals surface area contributed by atoms with Crippen LogP contribution < -0.4 is 0 Å². The van der Waals surface area contributed by atoms with Crippen LogP contribution in [0, 0.1) is 21.6 Å². The molecule has 0 heterocycles. The Morgan fingerprint density at radius 2 is 2.17 bits per heavy atom. The number of carboxylic acid groups (broad SMARTS) is 1. The summed E-state index contributed by atoms with van der Waals surface area (Å²) in [5.74, 6) is -3.94. The van der Waals surface area contributed by atoms with Crippen molar-refractivity contribution in [1.29, 1.82) is 5.26 Å². The summed E-state index contributed by atoms with van der Waals surface area (Å²) >= 11 is 0. The molecule has 0 aromatic carbocycles. The maximum Gasteiger partial charge on any atom is 0.447 e. The second-order valence-electron chi connectivity index (χ2n) is 1.29. The van der Waals surface area contributed by atoms with Crippen molar-refractivity contribution in [2.45, 2.75) is 0 Å². The summed E-state index contributed by atoms with van der Waals surface area (Å²) in [5.41, 5.74) is 0. The van der Waals surface area contributed by atoms with Crippen LogP contribution in [-0.4, -0.2) is 27.2 Å². The monoisotopic (exact) mass is 175 g/mol. The minimum atomic E-state index is -2.03. The summed E-state index contributed by atoms with van der Waals surface area (Å²) in [7, 11) is 0. The van der Waals surface area contributed by atoms with Crippen molar-refractivity contribution in [2.75, 3.05) is 0 Å². The van der Waals surface area contributed by atoms with Gasteiger partial charge in [0.05, 0.1) is 0 Å². The molecule has 0 fully saturated rings. The average Bonchev–Trinajstić information content (AvgIpc) is 1.98. The number of hydrazine groups is 1. The number of hydrogen-bond donors (Lipinski definition) is 1. The van der Waals surface area contributed by atoms with E-state index in [2.05, 4.69) is 4.84 Å². The summed E-state index contributed by atoms with van der Waals surface area (Å²) in [6, 6.07) is 0. The third-order valence-corrected chi connectivity index (χ3v) is 0.578. The first-order valence-corrected chi connectivity index (χ1v) is 2.28. The smallest absolute Gasteiger partial charge is 0.447 e. The maximum absolute atomic E-state index is 10.1. The SMILES string of the molecule is N#CN(OC(=O)C(=O)O)[N+](=O)[O-]. The van der Waals surface area contributed by atoms with E-state index in [1.54, 1.807) is 0 Å². The van der Waals surface area contributed by atoms with E-state index in [-0.39, 0.29) is 0 Å². The van der Waals surface area contributed by atoms with Gasteiger partial charge >= 0.3 is 11.9 Å². The van der Waals surface area contributed by atoms with E-state index in [0.717, 1.165) is 6.19 Å². The third kappa shape index (κ3) is 2.48. The van der Waals surface area contributed by atoms with Crippen LogP contribution >= 0.6 is 0 Å². The number of rotatable bonds is 2. The Balaban J connectivity index is 4.25. The summed E-state index contributed by atoms with van der Waals surface area (Å²) < 4.78 is 0. The first-order chi connectivity index (χ1) is 5.49. The van der Waals surface area contributed by atoms with Crippen LogP contribution in [0.4, 0.5) is 0 Å². The minimum Gasteiger partial charge on any atom is -0.473 e. The summed E-state index contributed by atoms with van der Waals surface area (Å²) in [4.78, 5) is 33.0. The first-order valence-electron chi connectivity index (χ1n) is 2.28. The number of carboxylic acids is 1. The summed E-state index contributed by atoms with van der Waals surface area (Å²) in [6.45, 7) is 0. The topological polar surface area (TPSA) is 134 Å². The van der Waals surface area contributed by atoms with Crippen LogP contribution in [0.5, 0.6) is 0 Å². The molecule has 1 N–H and O–H groups in total. The molecule has 0 saturated heterocycles. The molecule has 0 aromatic heterocycles. The van der Waals surface area contributed by atoms with Crippen LogP contribution in [-0.2, 0) is 14.4 Å². The normalized spacial score (nSPS) is 7.92. The second kappa shape index (κ2) is 3.71. The van der Waals surface area contributed by atoms with Crippen molar-refractivity contribution < 1.29 is 24.6 Å². The second-order valence-corrected chi connectivity index (χ2v) is 1.29. The third-order valence-electron chi connectivity index (χ3n) is 0.578. The van der Waals surface area contributed by atoms with Crippen molar-refractivity contribution in [2.24, 2.45) is 0 Å². The van der Waals surface area contributed by atoms with Crippen LogP contribution in [0.25, 0.3) is 0 Å². The highest BCUT2D eigenvalue weighted by Gasteiger charge is 2.24. The van der Waals surface area contributed by atoms with Crippen molar-refractivity contribution >= 4 is 11.9 Å². The molecule has 9 nitrogen and oxygen atoms in total. The van der Waals surface area contributed by atoms with Gasteiger partial charge in [0.2, 0.25) is 5.03 Å². The van der Waals surface area contributed by atoms with Crippen molar-refractivity contribution in [3.05, 3.63) is 10.1 Å². The Kier molecular flexibility index (Phi) is 2.98. The molecule has 0 saturated carbocycles. The Hall–Kier alpha value is -2.37. The lowest BCUT2D eigenvalue weighted by Gasteiger charge is -1.99. The highest BCUT2D eigenvalue weighted by Crippen LogP contribution is 1.88. The maximum atomic E-state index is 10.1. The number of aliphatic carboxylic acids is 1. The van der Waals surface area contributed by atoms with Crippen molar-refractivity contribution in [1.82, 2.24) is 5.17 Å². The van der Waals surface area contributed by atoms with Crippen LogP contribution in [0.15, 0.2) is 0 Å². The molecule has 0 rings (SSSR count). The Morgan fingerprint density at radius 3 is 2.42 bits per heavy atom. The van der Waals surface area contributed by atoms with Gasteiger partial charge in [-0.3, -0.25) is 4.84 Å². The van der Waals surface area contributed by atoms with Gasteiger partial charge in [-0.25, -0.2) is 19.7 Å². The zero-order valence-corrected chi connectivity index (χ0v) is 5.33. The fourth-order valence-corrected chi connectivity index (χ4v) is 0.208. The van der Waals surface area contributed by atoms with E-state index in [9.17, 15) is 19.7 Å². The Labute approximate surface area is 64.4 Å². The van der Waals surface area contributed by atoms with Gasteiger partial charge in [-0.1, -0.05) is 0 Å². The van der Waals surface area contributed by atoms with E-state index >= 15 is 0 Å². The van der Waals surface area contributed by atoms with Crippen molar-refractivity contribution in [3.63, 3.8) is 0 Å².